The fourth-order valence-electron chi connectivity index (χ4n) is 3.04. The lowest BCUT2D eigenvalue weighted by atomic mass is 9.99. The molecule has 164 valence electrons. The van der Waals surface area contributed by atoms with Crippen LogP contribution in [0.1, 0.15) is 57.7 Å². The summed E-state index contributed by atoms with van der Waals surface area (Å²) in [4.78, 5) is 37.3. The number of alkyl carbamates (subject to hydrolysis) is 1. The molecule has 2 aromatic rings. The van der Waals surface area contributed by atoms with Crippen LogP contribution in [-0.2, 0) is 9.53 Å². The third-order valence-corrected chi connectivity index (χ3v) is 5.01. The Morgan fingerprint density at radius 3 is 2.33 bits per heavy atom. The molecule has 2 rings (SSSR count). The number of nitrogens with one attached hydrogen (secondary N) is 1. The summed E-state index contributed by atoms with van der Waals surface area (Å²) >= 11 is 0. The summed E-state index contributed by atoms with van der Waals surface area (Å²) in [6.07, 6.45) is -0.0335. The summed E-state index contributed by atoms with van der Waals surface area (Å²) in [6.45, 7) is 14.3. The minimum absolute atomic E-state index is 0.179. The Morgan fingerprint density at radius 2 is 1.77 bits per heavy atom. The Labute approximate surface area is 176 Å². The van der Waals surface area contributed by atoms with Crippen LogP contribution in [0.25, 0.3) is 11.0 Å². The number of aryl methyl sites for hydroxylation is 2. The summed E-state index contributed by atoms with van der Waals surface area (Å²) in [5, 5.41) is 3.19. The molecular formula is C23H31NO6. The molecule has 7 nitrogen and oxygen atoms in total. The van der Waals surface area contributed by atoms with Crippen LogP contribution >= 0.6 is 0 Å². The van der Waals surface area contributed by atoms with Crippen LogP contribution in [0, 0.1) is 26.7 Å². The van der Waals surface area contributed by atoms with Gasteiger partial charge >= 0.3 is 17.7 Å². The lowest BCUT2D eigenvalue weighted by Crippen LogP contribution is -2.48. The molecule has 0 radical (unpaired) electrons. The molecule has 1 amide bonds. The van der Waals surface area contributed by atoms with Gasteiger partial charge in [-0.05, 0) is 70.7 Å². The zero-order valence-electron chi connectivity index (χ0n) is 19.0. The van der Waals surface area contributed by atoms with Crippen molar-refractivity contribution >= 4 is 23.0 Å². The monoisotopic (exact) mass is 417 g/mol. The van der Waals surface area contributed by atoms with E-state index in [1.165, 1.54) is 0 Å². The van der Waals surface area contributed by atoms with E-state index >= 15 is 0 Å². The van der Waals surface area contributed by atoms with E-state index in [0.717, 1.165) is 5.56 Å². The fourth-order valence-corrected chi connectivity index (χ4v) is 3.04. The van der Waals surface area contributed by atoms with Gasteiger partial charge in [0.15, 0.2) is 0 Å². The number of hydrogen-bond donors (Lipinski definition) is 1. The molecule has 0 saturated carbocycles. The van der Waals surface area contributed by atoms with E-state index in [4.69, 9.17) is 13.9 Å². The van der Waals surface area contributed by atoms with Gasteiger partial charge < -0.3 is 19.2 Å². The standard InChI is InChI=1S/C23H31NO6/c1-9-13(3)19(24-22(27)30-23(6,7)8)21(26)29-17-11-12(2)10-16-18(17)14(4)15(5)20(25)28-16/h10-11,13,19H,9H2,1-8H3,(H,24,27)/t13-,19+/m1/s1. The minimum Gasteiger partial charge on any atom is -0.444 e. The third-order valence-electron chi connectivity index (χ3n) is 5.01. The van der Waals surface area contributed by atoms with Crippen molar-refractivity contribution < 1.29 is 23.5 Å². The van der Waals surface area contributed by atoms with Gasteiger partial charge in [-0.2, -0.15) is 0 Å². The minimum atomic E-state index is -0.891. The van der Waals surface area contributed by atoms with Gasteiger partial charge in [0, 0.05) is 5.56 Å². The number of carbonyl (C=O) groups is 2. The maximum atomic E-state index is 13.0. The first-order valence-corrected chi connectivity index (χ1v) is 10.1. The number of carbonyl (C=O) groups excluding carboxylic acids is 2. The average molecular weight is 418 g/mol. The van der Waals surface area contributed by atoms with Gasteiger partial charge in [0.05, 0.1) is 5.39 Å². The number of benzene rings is 1. The second kappa shape index (κ2) is 8.90. The second-order valence-electron chi connectivity index (χ2n) is 8.71. The number of fused-ring (bicyclic) bond motifs is 1. The lowest BCUT2D eigenvalue weighted by molar-refractivity contribution is -0.138. The maximum absolute atomic E-state index is 13.0. The highest BCUT2D eigenvalue weighted by molar-refractivity contribution is 5.92. The van der Waals surface area contributed by atoms with E-state index in [1.807, 2.05) is 20.8 Å². The van der Waals surface area contributed by atoms with Crippen molar-refractivity contribution in [3.63, 3.8) is 0 Å². The van der Waals surface area contributed by atoms with E-state index in [1.54, 1.807) is 46.8 Å². The maximum Gasteiger partial charge on any atom is 0.408 e. The molecule has 0 unspecified atom stereocenters. The molecule has 30 heavy (non-hydrogen) atoms. The number of rotatable bonds is 5. The van der Waals surface area contributed by atoms with Crippen molar-refractivity contribution in [1.82, 2.24) is 5.32 Å². The Hall–Kier alpha value is -2.83. The van der Waals surface area contributed by atoms with E-state index in [9.17, 15) is 14.4 Å². The van der Waals surface area contributed by atoms with Crippen molar-refractivity contribution in [1.29, 1.82) is 0 Å². The Bertz CT molecular complexity index is 1010. The first kappa shape index (κ1) is 23.4. The molecule has 1 aromatic carbocycles. The average Bonchev–Trinajstić information content (AvgIpc) is 2.61. The summed E-state index contributed by atoms with van der Waals surface area (Å²) in [7, 11) is 0. The zero-order chi connectivity index (χ0) is 22.8. The first-order chi connectivity index (χ1) is 13.8. The summed E-state index contributed by atoms with van der Waals surface area (Å²) in [5.41, 5.74) is 1.15. The van der Waals surface area contributed by atoms with Crippen LogP contribution in [0.2, 0.25) is 0 Å². The second-order valence-corrected chi connectivity index (χ2v) is 8.71. The van der Waals surface area contributed by atoms with Gasteiger partial charge in [0.25, 0.3) is 0 Å². The van der Waals surface area contributed by atoms with E-state index < -0.39 is 29.3 Å². The van der Waals surface area contributed by atoms with Crippen LogP contribution < -0.4 is 15.7 Å². The predicted molar refractivity (Wildman–Crippen MR) is 115 cm³/mol. The number of hydrogen-bond acceptors (Lipinski definition) is 6. The molecule has 0 aliphatic carbocycles. The molecule has 0 spiro atoms. The molecule has 1 heterocycles. The predicted octanol–water partition coefficient (Wildman–Crippen LogP) is 4.56. The van der Waals surface area contributed by atoms with Crippen LogP contribution in [0.3, 0.4) is 0 Å². The van der Waals surface area contributed by atoms with Crippen LogP contribution in [0.15, 0.2) is 21.3 Å². The van der Waals surface area contributed by atoms with E-state index in [2.05, 4.69) is 5.32 Å². The van der Waals surface area contributed by atoms with Crippen molar-refractivity contribution in [3.8, 4) is 5.75 Å². The highest BCUT2D eigenvalue weighted by atomic mass is 16.6. The number of esters is 1. The van der Waals surface area contributed by atoms with Crippen LogP contribution in [0.4, 0.5) is 4.79 Å². The van der Waals surface area contributed by atoms with Crippen molar-refractivity contribution in [3.05, 3.63) is 39.2 Å². The quantitative estimate of drug-likeness (QED) is 0.435. The molecule has 0 aliphatic heterocycles. The van der Waals surface area contributed by atoms with Gasteiger partial charge in [-0.3, -0.25) is 0 Å². The normalized spacial score (nSPS) is 13.6. The lowest BCUT2D eigenvalue weighted by Gasteiger charge is -2.26. The molecule has 1 aromatic heterocycles. The smallest absolute Gasteiger partial charge is 0.408 e. The van der Waals surface area contributed by atoms with Crippen LogP contribution in [-0.4, -0.2) is 23.7 Å². The van der Waals surface area contributed by atoms with Gasteiger partial charge in [-0.25, -0.2) is 14.4 Å². The van der Waals surface area contributed by atoms with Gasteiger partial charge in [-0.1, -0.05) is 20.3 Å². The Balaban J connectivity index is 2.42. The molecule has 0 saturated heterocycles. The van der Waals surface area contributed by atoms with Gasteiger partial charge in [0.2, 0.25) is 0 Å². The highest BCUT2D eigenvalue weighted by Crippen LogP contribution is 2.31. The van der Waals surface area contributed by atoms with E-state index in [-0.39, 0.29) is 5.92 Å². The van der Waals surface area contributed by atoms with Crippen molar-refractivity contribution in [2.45, 2.75) is 73.5 Å². The fraction of sp³-hybridized carbons (Fsp3) is 0.522. The zero-order valence-corrected chi connectivity index (χ0v) is 19.0. The van der Waals surface area contributed by atoms with Crippen molar-refractivity contribution in [2.24, 2.45) is 5.92 Å². The van der Waals surface area contributed by atoms with Gasteiger partial charge in [0.1, 0.15) is 23.0 Å². The topological polar surface area (TPSA) is 94.8 Å². The molecule has 2 atom stereocenters. The third kappa shape index (κ3) is 5.40. The first-order valence-electron chi connectivity index (χ1n) is 10.1. The molecule has 0 bridgehead atoms. The summed E-state index contributed by atoms with van der Waals surface area (Å²) < 4.78 is 16.4. The molecule has 0 aliphatic rings. The summed E-state index contributed by atoms with van der Waals surface area (Å²) in [5.74, 6) is -0.495. The van der Waals surface area contributed by atoms with Crippen LogP contribution in [0.5, 0.6) is 5.75 Å². The van der Waals surface area contributed by atoms with Gasteiger partial charge in [-0.15, -0.1) is 0 Å². The number of ether oxygens (including phenoxy) is 2. The highest BCUT2D eigenvalue weighted by Gasteiger charge is 2.30. The molecule has 1 N–H and O–H groups in total. The SMILES string of the molecule is CC[C@@H](C)[C@H](NC(=O)OC(C)(C)C)C(=O)Oc1cc(C)cc2oc(=O)c(C)c(C)c12. The Morgan fingerprint density at radius 1 is 1.13 bits per heavy atom. The molecule has 0 fully saturated rings. The Kier molecular flexibility index (Phi) is 6.95. The number of amides is 1. The summed E-state index contributed by atoms with van der Waals surface area (Å²) in [6, 6.07) is 2.55. The molecular weight excluding hydrogens is 386 g/mol. The van der Waals surface area contributed by atoms with Crippen molar-refractivity contribution in [2.75, 3.05) is 0 Å². The largest absolute Gasteiger partial charge is 0.444 e. The molecule has 7 heteroatoms. The van der Waals surface area contributed by atoms with E-state index in [0.29, 0.717) is 34.3 Å².